The number of benzene rings is 2. The summed E-state index contributed by atoms with van der Waals surface area (Å²) in [7, 11) is 0. The van der Waals surface area contributed by atoms with Gasteiger partial charge in [0.15, 0.2) is 10.9 Å². The zero-order chi connectivity index (χ0) is 20.0. The smallest absolute Gasteiger partial charge is 0.261 e. The number of amides is 1. The van der Waals surface area contributed by atoms with E-state index in [1.165, 1.54) is 22.1 Å². The Balaban J connectivity index is 1.68. The van der Waals surface area contributed by atoms with Crippen LogP contribution in [0.25, 0.3) is 15.9 Å². The summed E-state index contributed by atoms with van der Waals surface area (Å²) in [5.74, 6) is -1.80. The summed E-state index contributed by atoms with van der Waals surface area (Å²) in [5, 5.41) is 7.54. The summed E-state index contributed by atoms with van der Waals surface area (Å²) >= 11 is 1.38. The Morgan fingerprint density at radius 3 is 2.64 bits per heavy atom. The maximum atomic E-state index is 14.1. The minimum absolute atomic E-state index is 0.0801. The Morgan fingerprint density at radius 1 is 1.11 bits per heavy atom. The van der Waals surface area contributed by atoms with Gasteiger partial charge in [-0.3, -0.25) is 10.1 Å². The van der Waals surface area contributed by atoms with Crippen LogP contribution in [0.5, 0.6) is 0 Å². The molecular formula is C20H16F2N4OS. The molecule has 0 fully saturated rings. The van der Waals surface area contributed by atoms with E-state index in [4.69, 9.17) is 0 Å². The summed E-state index contributed by atoms with van der Waals surface area (Å²) in [4.78, 5) is 17.3. The van der Waals surface area contributed by atoms with Crippen LogP contribution < -0.4 is 5.32 Å². The fourth-order valence-electron chi connectivity index (χ4n) is 3.10. The van der Waals surface area contributed by atoms with Crippen molar-refractivity contribution in [3.8, 4) is 5.69 Å². The van der Waals surface area contributed by atoms with E-state index in [2.05, 4.69) is 15.4 Å². The standard InChI is InChI=1S/C20H16F2N4OS/c1-10-4-6-15-17(8-10)28-20(23-15)24-19(27)18-11(2)25-26(12(18)3)16-7-5-13(21)9-14(16)22/h4-9H,1-3H3,(H,23,24,27). The van der Waals surface area contributed by atoms with E-state index in [0.717, 1.165) is 27.9 Å². The van der Waals surface area contributed by atoms with Gasteiger partial charge >= 0.3 is 0 Å². The Morgan fingerprint density at radius 2 is 1.89 bits per heavy atom. The minimum Gasteiger partial charge on any atom is -0.298 e. The second-order valence-corrected chi connectivity index (χ2v) is 7.53. The molecule has 0 spiro atoms. The van der Waals surface area contributed by atoms with Gasteiger partial charge in [0.25, 0.3) is 5.91 Å². The average Bonchev–Trinajstić information content (AvgIpc) is 3.14. The van der Waals surface area contributed by atoms with Crippen LogP contribution in [0.15, 0.2) is 36.4 Å². The number of nitrogens with one attached hydrogen (secondary N) is 1. The molecule has 0 bridgehead atoms. The van der Waals surface area contributed by atoms with E-state index in [1.54, 1.807) is 13.8 Å². The molecule has 2 aromatic carbocycles. The van der Waals surface area contributed by atoms with Gasteiger partial charge in [0.05, 0.1) is 27.2 Å². The summed E-state index contributed by atoms with van der Waals surface area (Å²) in [6, 6.07) is 9.11. The van der Waals surface area contributed by atoms with Crippen molar-refractivity contribution < 1.29 is 13.6 Å². The van der Waals surface area contributed by atoms with E-state index in [1.807, 2.05) is 25.1 Å². The molecule has 1 amide bonds. The van der Waals surface area contributed by atoms with E-state index < -0.39 is 11.6 Å². The van der Waals surface area contributed by atoms with Gasteiger partial charge in [-0.05, 0) is 50.6 Å². The molecule has 4 aromatic rings. The van der Waals surface area contributed by atoms with Gasteiger partial charge in [-0.15, -0.1) is 0 Å². The Bertz CT molecular complexity index is 1230. The van der Waals surface area contributed by atoms with Crippen molar-refractivity contribution in [1.29, 1.82) is 0 Å². The van der Waals surface area contributed by atoms with Crippen molar-refractivity contribution >= 4 is 32.6 Å². The average molecular weight is 398 g/mol. The number of nitrogens with zero attached hydrogens (tertiary/aromatic N) is 3. The number of fused-ring (bicyclic) bond motifs is 1. The van der Waals surface area contributed by atoms with Gasteiger partial charge in [0.2, 0.25) is 0 Å². The molecule has 4 rings (SSSR count). The molecule has 0 unspecified atom stereocenters. The molecule has 8 heteroatoms. The van der Waals surface area contributed by atoms with Crippen LogP contribution in [-0.4, -0.2) is 20.7 Å². The van der Waals surface area contributed by atoms with Crippen LogP contribution in [0.1, 0.15) is 27.3 Å². The van der Waals surface area contributed by atoms with E-state index in [-0.39, 0.29) is 11.6 Å². The molecule has 2 aromatic heterocycles. The third kappa shape index (κ3) is 3.16. The van der Waals surface area contributed by atoms with Gasteiger partial charge in [0, 0.05) is 6.07 Å². The molecule has 1 N–H and O–H groups in total. The number of rotatable bonds is 3. The molecule has 28 heavy (non-hydrogen) atoms. The number of aryl methyl sites for hydroxylation is 2. The molecule has 0 saturated carbocycles. The van der Waals surface area contributed by atoms with Crippen molar-refractivity contribution in [1.82, 2.24) is 14.8 Å². The maximum absolute atomic E-state index is 14.1. The molecule has 0 aliphatic rings. The fraction of sp³-hybridized carbons (Fsp3) is 0.150. The third-order valence-electron chi connectivity index (χ3n) is 4.42. The lowest BCUT2D eigenvalue weighted by molar-refractivity contribution is 0.102. The Labute approximate surface area is 163 Å². The first-order chi connectivity index (χ1) is 13.3. The number of halogens is 2. The molecule has 0 aliphatic carbocycles. The van der Waals surface area contributed by atoms with Crippen molar-refractivity contribution in [2.75, 3.05) is 5.32 Å². The van der Waals surface area contributed by atoms with Gasteiger partial charge < -0.3 is 0 Å². The first-order valence-electron chi connectivity index (χ1n) is 8.53. The highest BCUT2D eigenvalue weighted by molar-refractivity contribution is 7.22. The third-order valence-corrected chi connectivity index (χ3v) is 5.35. The maximum Gasteiger partial charge on any atom is 0.261 e. The molecule has 0 saturated heterocycles. The Kier molecular flexibility index (Phi) is 4.43. The van der Waals surface area contributed by atoms with Gasteiger partial charge in [-0.1, -0.05) is 17.4 Å². The van der Waals surface area contributed by atoms with Crippen LogP contribution in [0.4, 0.5) is 13.9 Å². The lowest BCUT2D eigenvalue weighted by Gasteiger charge is -2.06. The molecule has 0 aliphatic heterocycles. The Hall–Kier alpha value is -3.13. The lowest BCUT2D eigenvalue weighted by Crippen LogP contribution is -2.14. The zero-order valence-corrected chi connectivity index (χ0v) is 16.2. The number of thiazole rings is 1. The highest BCUT2D eigenvalue weighted by atomic mass is 32.1. The monoisotopic (exact) mass is 398 g/mol. The van der Waals surface area contributed by atoms with Crippen molar-refractivity contribution in [3.05, 3.63) is 70.5 Å². The SMILES string of the molecule is Cc1ccc2nc(NC(=O)c3c(C)nn(-c4ccc(F)cc4F)c3C)sc2c1. The van der Waals surface area contributed by atoms with Crippen molar-refractivity contribution in [2.45, 2.75) is 20.8 Å². The highest BCUT2D eigenvalue weighted by Gasteiger charge is 2.22. The highest BCUT2D eigenvalue weighted by Crippen LogP contribution is 2.28. The number of aromatic nitrogens is 3. The second kappa shape index (κ2) is 6.79. The number of hydrogen-bond acceptors (Lipinski definition) is 4. The largest absolute Gasteiger partial charge is 0.298 e. The number of hydrogen-bond donors (Lipinski definition) is 1. The van der Waals surface area contributed by atoms with Crippen LogP contribution >= 0.6 is 11.3 Å². The van der Waals surface area contributed by atoms with Crippen LogP contribution in [0, 0.1) is 32.4 Å². The first-order valence-corrected chi connectivity index (χ1v) is 9.35. The molecule has 142 valence electrons. The quantitative estimate of drug-likeness (QED) is 0.532. The van der Waals surface area contributed by atoms with E-state index in [0.29, 0.717) is 22.1 Å². The summed E-state index contributed by atoms with van der Waals surface area (Å²) in [6.45, 7) is 5.33. The van der Waals surface area contributed by atoms with Crippen molar-refractivity contribution in [2.24, 2.45) is 0 Å². The topological polar surface area (TPSA) is 59.8 Å². The molecule has 0 radical (unpaired) electrons. The minimum atomic E-state index is -0.751. The van der Waals surface area contributed by atoms with Gasteiger partial charge in [0.1, 0.15) is 11.5 Å². The van der Waals surface area contributed by atoms with E-state index in [9.17, 15) is 13.6 Å². The number of carbonyl (C=O) groups excluding carboxylic acids is 1. The van der Waals surface area contributed by atoms with Gasteiger partial charge in [-0.2, -0.15) is 5.10 Å². The molecular weight excluding hydrogens is 382 g/mol. The normalized spacial score (nSPS) is 11.2. The summed E-state index contributed by atoms with van der Waals surface area (Å²) in [5.41, 5.74) is 3.23. The number of carbonyl (C=O) groups is 1. The second-order valence-electron chi connectivity index (χ2n) is 6.50. The van der Waals surface area contributed by atoms with Crippen molar-refractivity contribution in [3.63, 3.8) is 0 Å². The molecule has 5 nitrogen and oxygen atoms in total. The van der Waals surface area contributed by atoms with Crippen LogP contribution in [-0.2, 0) is 0 Å². The summed E-state index contributed by atoms with van der Waals surface area (Å²) in [6.07, 6.45) is 0. The molecule has 2 heterocycles. The summed E-state index contributed by atoms with van der Waals surface area (Å²) < 4.78 is 29.6. The lowest BCUT2D eigenvalue weighted by atomic mass is 10.2. The first kappa shape index (κ1) is 18.2. The van der Waals surface area contributed by atoms with Gasteiger partial charge in [-0.25, -0.2) is 18.4 Å². The predicted octanol–water partition coefficient (Wildman–Crippen LogP) is 4.94. The van der Waals surface area contributed by atoms with Crippen LogP contribution in [0.2, 0.25) is 0 Å². The fourth-order valence-corrected chi connectivity index (χ4v) is 4.06. The number of anilines is 1. The molecule has 0 atom stereocenters. The zero-order valence-electron chi connectivity index (χ0n) is 15.4. The van der Waals surface area contributed by atoms with Crippen LogP contribution in [0.3, 0.4) is 0 Å². The predicted molar refractivity (Wildman–Crippen MR) is 105 cm³/mol. The van der Waals surface area contributed by atoms with E-state index >= 15 is 0 Å².